The molecule has 3 N–H and O–H groups in total. The van der Waals surface area contributed by atoms with Gasteiger partial charge in [-0.05, 0) is 38.8 Å². The van der Waals surface area contributed by atoms with Gasteiger partial charge in [-0.1, -0.05) is 6.92 Å². The van der Waals surface area contributed by atoms with Crippen molar-refractivity contribution < 1.29 is 9.90 Å². The predicted molar refractivity (Wildman–Crippen MR) is 74.8 cm³/mol. The minimum absolute atomic E-state index is 0.120. The highest BCUT2D eigenvalue weighted by atomic mass is 16.4. The van der Waals surface area contributed by atoms with Gasteiger partial charge in [-0.2, -0.15) is 0 Å². The summed E-state index contributed by atoms with van der Waals surface area (Å²) in [6, 6.07) is 0. The fraction of sp³-hybridized carbons (Fsp3) is 0.714. The number of aromatic nitrogens is 2. The number of fused-ring (bicyclic) bond motifs is 1. The molecule has 0 aromatic carbocycles. The molecule has 3 rings (SSSR count). The molecule has 1 aromatic heterocycles. The highest BCUT2D eigenvalue weighted by Gasteiger charge is 2.33. The SMILES string of the molecule is CCN1CCC(c2nc(C(=O)O)c3n2C(N)CCC3)C1. The van der Waals surface area contributed by atoms with Crippen LogP contribution in [-0.2, 0) is 6.42 Å². The molecule has 2 atom stereocenters. The van der Waals surface area contributed by atoms with Crippen molar-refractivity contribution in [3.8, 4) is 0 Å². The van der Waals surface area contributed by atoms with E-state index in [9.17, 15) is 9.90 Å². The number of likely N-dealkylation sites (tertiary alicyclic amines) is 1. The zero-order valence-corrected chi connectivity index (χ0v) is 11.9. The van der Waals surface area contributed by atoms with E-state index >= 15 is 0 Å². The molecule has 6 heteroatoms. The van der Waals surface area contributed by atoms with Gasteiger partial charge in [0.15, 0.2) is 5.69 Å². The predicted octanol–water partition coefficient (Wildman–Crippen LogP) is 1.18. The van der Waals surface area contributed by atoms with E-state index in [4.69, 9.17) is 5.73 Å². The van der Waals surface area contributed by atoms with E-state index < -0.39 is 5.97 Å². The summed E-state index contributed by atoms with van der Waals surface area (Å²) in [5.74, 6) is 0.269. The second kappa shape index (κ2) is 5.18. The fourth-order valence-electron chi connectivity index (χ4n) is 3.49. The van der Waals surface area contributed by atoms with Crippen LogP contribution in [0.2, 0.25) is 0 Å². The van der Waals surface area contributed by atoms with Crippen molar-refractivity contribution in [2.75, 3.05) is 19.6 Å². The van der Waals surface area contributed by atoms with Gasteiger partial charge in [-0.15, -0.1) is 0 Å². The summed E-state index contributed by atoms with van der Waals surface area (Å²) >= 11 is 0. The summed E-state index contributed by atoms with van der Waals surface area (Å²) in [5.41, 5.74) is 7.25. The molecule has 1 aromatic rings. The van der Waals surface area contributed by atoms with Crippen LogP contribution in [0.15, 0.2) is 0 Å². The summed E-state index contributed by atoms with van der Waals surface area (Å²) in [4.78, 5) is 18.2. The molecule has 20 heavy (non-hydrogen) atoms. The molecule has 2 unspecified atom stereocenters. The van der Waals surface area contributed by atoms with E-state index in [-0.39, 0.29) is 11.9 Å². The molecule has 0 radical (unpaired) electrons. The molecule has 0 amide bonds. The van der Waals surface area contributed by atoms with Crippen LogP contribution in [0.5, 0.6) is 0 Å². The lowest BCUT2D eigenvalue weighted by Crippen LogP contribution is -2.28. The second-order valence-corrected chi connectivity index (χ2v) is 5.78. The number of hydrogen-bond donors (Lipinski definition) is 2. The van der Waals surface area contributed by atoms with Crippen LogP contribution in [0.25, 0.3) is 0 Å². The third kappa shape index (κ3) is 2.13. The second-order valence-electron chi connectivity index (χ2n) is 5.78. The molecule has 2 aliphatic heterocycles. The normalized spacial score (nSPS) is 26.7. The van der Waals surface area contributed by atoms with Gasteiger partial charge in [0.25, 0.3) is 0 Å². The Morgan fingerprint density at radius 1 is 1.50 bits per heavy atom. The van der Waals surface area contributed by atoms with E-state index in [1.54, 1.807) is 0 Å². The zero-order valence-electron chi connectivity index (χ0n) is 11.9. The summed E-state index contributed by atoms with van der Waals surface area (Å²) in [6.45, 7) is 5.19. The minimum Gasteiger partial charge on any atom is -0.476 e. The minimum atomic E-state index is -0.931. The van der Waals surface area contributed by atoms with Crippen molar-refractivity contribution in [2.24, 2.45) is 5.73 Å². The smallest absolute Gasteiger partial charge is 0.356 e. The highest BCUT2D eigenvalue weighted by Crippen LogP contribution is 2.33. The summed E-state index contributed by atoms with van der Waals surface area (Å²) < 4.78 is 2.01. The van der Waals surface area contributed by atoms with Crippen molar-refractivity contribution in [1.29, 1.82) is 0 Å². The Bertz CT molecular complexity index is 525. The van der Waals surface area contributed by atoms with Gasteiger partial charge in [-0.3, -0.25) is 0 Å². The lowest BCUT2D eigenvalue weighted by molar-refractivity contribution is 0.0689. The summed E-state index contributed by atoms with van der Waals surface area (Å²) in [6.07, 6.45) is 3.53. The highest BCUT2D eigenvalue weighted by molar-refractivity contribution is 5.87. The molecule has 1 fully saturated rings. The molecule has 6 nitrogen and oxygen atoms in total. The van der Waals surface area contributed by atoms with Crippen LogP contribution >= 0.6 is 0 Å². The Hall–Kier alpha value is -1.40. The van der Waals surface area contributed by atoms with E-state index in [2.05, 4.69) is 16.8 Å². The number of imidazole rings is 1. The molecule has 0 spiro atoms. The Labute approximate surface area is 118 Å². The van der Waals surface area contributed by atoms with Gasteiger partial charge in [-0.25, -0.2) is 9.78 Å². The first kappa shape index (κ1) is 13.6. The van der Waals surface area contributed by atoms with E-state index in [0.29, 0.717) is 5.92 Å². The number of hydrogen-bond acceptors (Lipinski definition) is 4. The Morgan fingerprint density at radius 3 is 2.95 bits per heavy atom. The molecule has 0 bridgehead atoms. The van der Waals surface area contributed by atoms with E-state index in [1.807, 2.05) is 4.57 Å². The Balaban J connectivity index is 2.00. The zero-order chi connectivity index (χ0) is 14.3. The largest absolute Gasteiger partial charge is 0.476 e. The number of likely N-dealkylation sites (N-methyl/N-ethyl adjacent to an activating group) is 1. The molecular weight excluding hydrogens is 256 g/mol. The van der Waals surface area contributed by atoms with Gasteiger partial charge in [0, 0.05) is 12.5 Å². The number of carboxylic acids is 1. The molecular formula is C14H22N4O2. The van der Waals surface area contributed by atoms with Crippen LogP contribution in [0.1, 0.15) is 60.3 Å². The van der Waals surface area contributed by atoms with E-state index in [1.165, 1.54) is 0 Å². The molecule has 3 heterocycles. The number of nitrogens with zero attached hydrogens (tertiary/aromatic N) is 3. The third-order valence-electron chi connectivity index (χ3n) is 4.57. The van der Waals surface area contributed by atoms with Crippen molar-refractivity contribution in [3.05, 3.63) is 17.2 Å². The average Bonchev–Trinajstić information content (AvgIpc) is 3.02. The number of nitrogens with two attached hydrogens (primary N) is 1. The van der Waals surface area contributed by atoms with E-state index in [0.717, 1.165) is 56.8 Å². The lowest BCUT2D eigenvalue weighted by atomic mass is 10.0. The molecule has 2 aliphatic rings. The number of aromatic carboxylic acids is 1. The first-order chi connectivity index (χ1) is 9.61. The maximum Gasteiger partial charge on any atom is 0.356 e. The first-order valence-electron chi connectivity index (χ1n) is 7.44. The van der Waals surface area contributed by atoms with Crippen LogP contribution in [0.4, 0.5) is 0 Å². The van der Waals surface area contributed by atoms with Crippen LogP contribution in [-0.4, -0.2) is 45.2 Å². The summed E-state index contributed by atoms with van der Waals surface area (Å²) in [7, 11) is 0. The quantitative estimate of drug-likeness (QED) is 0.867. The van der Waals surface area contributed by atoms with Crippen LogP contribution in [0, 0.1) is 0 Å². The van der Waals surface area contributed by atoms with Gasteiger partial charge < -0.3 is 20.3 Å². The molecule has 110 valence electrons. The third-order valence-corrected chi connectivity index (χ3v) is 4.57. The fourth-order valence-corrected chi connectivity index (χ4v) is 3.49. The van der Waals surface area contributed by atoms with Crippen molar-refractivity contribution in [2.45, 2.75) is 44.7 Å². The molecule has 1 saturated heterocycles. The van der Waals surface area contributed by atoms with Crippen LogP contribution in [0.3, 0.4) is 0 Å². The maximum absolute atomic E-state index is 11.4. The van der Waals surface area contributed by atoms with Gasteiger partial charge in [0.1, 0.15) is 5.82 Å². The summed E-state index contributed by atoms with van der Waals surface area (Å²) in [5, 5.41) is 9.35. The van der Waals surface area contributed by atoms with Crippen LogP contribution < -0.4 is 5.73 Å². The number of carbonyl (C=O) groups is 1. The Kier molecular flexibility index (Phi) is 3.52. The number of carboxylic acid groups (broad SMARTS) is 1. The van der Waals surface area contributed by atoms with Gasteiger partial charge >= 0.3 is 5.97 Å². The molecule has 0 aliphatic carbocycles. The first-order valence-corrected chi connectivity index (χ1v) is 7.44. The monoisotopic (exact) mass is 278 g/mol. The van der Waals surface area contributed by atoms with Crippen molar-refractivity contribution in [1.82, 2.24) is 14.5 Å². The van der Waals surface area contributed by atoms with Gasteiger partial charge in [0.2, 0.25) is 0 Å². The number of rotatable bonds is 3. The standard InChI is InChI=1S/C14H22N4O2/c1-2-17-7-6-9(8-17)13-16-12(14(19)20)10-4-3-5-11(15)18(10)13/h9,11H,2-8,15H2,1H3,(H,19,20). The molecule has 0 saturated carbocycles. The lowest BCUT2D eigenvalue weighted by Gasteiger charge is -2.25. The maximum atomic E-state index is 11.4. The average molecular weight is 278 g/mol. The topological polar surface area (TPSA) is 84.4 Å². The van der Waals surface area contributed by atoms with Crippen molar-refractivity contribution in [3.63, 3.8) is 0 Å². The van der Waals surface area contributed by atoms with Crippen molar-refractivity contribution >= 4 is 5.97 Å². The Morgan fingerprint density at radius 2 is 2.30 bits per heavy atom. The van der Waals surface area contributed by atoms with Gasteiger partial charge in [0.05, 0.1) is 11.9 Å².